The van der Waals surface area contributed by atoms with Crippen molar-refractivity contribution >= 4 is 30.7 Å². The normalized spacial score (nSPS) is 17.9. The molecule has 1 saturated heterocycles. The standard InChI is InChI=1S/C14H21N3O.2ClH/c15-9-14(18)16-10-13-7-4-8-17(13)11-12-5-2-1-3-6-12;;/h1-3,5-6,13H,4,7-11,15H2,(H,16,18);2*1H. The fraction of sp³-hybridized carbons (Fsp3) is 0.500. The zero-order valence-corrected chi connectivity index (χ0v) is 13.1. The summed E-state index contributed by atoms with van der Waals surface area (Å²) in [5.74, 6) is -0.0680. The summed E-state index contributed by atoms with van der Waals surface area (Å²) in [5.41, 5.74) is 6.62. The lowest BCUT2D eigenvalue weighted by Gasteiger charge is -2.24. The molecule has 1 unspecified atom stereocenters. The van der Waals surface area contributed by atoms with E-state index in [2.05, 4.69) is 34.5 Å². The number of amides is 1. The highest BCUT2D eigenvalue weighted by molar-refractivity contribution is 5.85. The molecular weight excluding hydrogens is 297 g/mol. The van der Waals surface area contributed by atoms with Crippen molar-refractivity contribution in [3.05, 3.63) is 35.9 Å². The maximum atomic E-state index is 11.2. The number of benzene rings is 1. The second-order valence-corrected chi connectivity index (χ2v) is 4.76. The summed E-state index contributed by atoms with van der Waals surface area (Å²) in [6.07, 6.45) is 2.35. The Hall–Kier alpha value is -0.810. The summed E-state index contributed by atoms with van der Waals surface area (Å²) < 4.78 is 0. The van der Waals surface area contributed by atoms with Gasteiger partial charge in [-0.3, -0.25) is 9.69 Å². The number of hydrogen-bond acceptors (Lipinski definition) is 3. The van der Waals surface area contributed by atoms with Crippen molar-refractivity contribution in [2.24, 2.45) is 5.73 Å². The monoisotopic (exact) mass is 319 g/mol. The molecule has 1 aliphatic heterocycles. The number of likely N-dealkylation sites (tertiary alicyclic amines) is 1. The molecule has 1 aromatic rings. The van der Waals surface area contributed by atoms with Crippen molar-refractivity contribution in [3.63, 3.8) is 0 Å². The Morgan fingerprint density at radius 2 is 2.00 bits per heavy atom. The van der Waals surface area contributed by atoms with E-state index in [0.717, 1.165) is 19.5 Å². The highest BCUT2D eigenvalue weighted by atomic mass is 35.5. The molecule has 0 bridgehead atoms. The predicted molar refractivity (Wildman–Crippen MR) is 86.4 cm³/mol. The van der Waals surface area contributed by atoms with Crippen LogP contribution in [-0.2, 0) is 11.3 Å². The van der Waals surface area contributed by atoms with Gasteiger partial charge in [0.25, 0.3) is 0 Å². The van der Waals surface area contributed by atoms with Crippen LogP contribution < -0.4 is 11.1 Å². The molecule has 3 N–H and O–H groups in total. The van der Waals surface area contributed by atoms with Crippen LogP contribution in [0.1, 0.15) is 18.4 Å². The number of halogens is 2. The maximum absolute atomic E-state index is 11.2. The Morgan fingerprint density at radius 1 is 1.30 bits per heavy atom. The van der Waals surface area contributed by atoms with Crippen molar-refractivity contribution in [2.45, 2.75) is 25.4 Å². The van der Waals surface area contributed by atoms with Crippen molar-refractivity contribution in [2.75, 3.05) is 19.6 Å². The van der Waals surface area contributed by atoms with E-state index >= 15 is 0 Å². The minimum absolute atomic E-state index is 0. The first-order valence-electron chi connectivity index (χ1n) is 6.54. The van der Waals surface area contributed by atoms with Gasteiger partial charge in [-0.15, -0.1) is 24.8 Å². The summed E-state index contributed by atoms with van der Waals surface area (Å²) in [6.45, 7) is 2.86. The number of carbonyl (C=O) groups is 1. The van der Waals surface area contributed by atoms with E-state index in [1.54, 1.807) is 0 Å². The lowest BCUT2D eigenvalue weighted by atomic mass is 10.2. The van der Waals surface area contributed by atoms with Crippen LogP contribution in [0.2, 0.25) is 0 Å². The Kier molecular flexibility index (Phi) is 9.59. The van der Waals surface area contributed by atoms with Crippen LogP contribution in [0.4, 0.5) is 0 Å². The van der Waals surface area contributed by atoms with Crippen LogP contribution in [-0.4, -0.2) is 36.5 Å². The topological polar surface area (TPSA) is 58.4 Å². The molecule has 1 heterocycles. The number of carbonyl (C=O) groups excluding carboxylic acids is 1. The summed E-state index contributed by atoms with van der Waals surface area (Å²) in [5, 5.41) is 2.88. The van der Waals surface area contributed by atoms with Gasteiger partial charge in [-0.25, -0.2) is 0 Å². The molecule has 4 nitrogen and oxygen atoms in total. The van der Waals surface area contributed by atoms with Gasteiger partial charge in [0.2, 0.25) is 5.91 Å². The van der Waals surface area contributed by atoms with Crippen LogP contribution in [0.3, 0.4) is 0 Å². The second-order valence-electron chi connectivity index (χ2n) is 4.76. The van der Waals surface area contributed by atoms with Gasteiger partial charge in [-0.2, -0.15) is 0 Å². The zero-order valence-electron chi connectivity index (χ0n) is 11.5. The molecule has 1 aliphatic rings. The quantitative estimate of drug-likeness (QED) is 0.866. The van der Waals surface area contributed by atoms with E-state index in [1.807, 2.05) is 6.07 Å². The number of hydrogen-bond donors (Lipinski definition) is 2. The molecule has 20 heavy (non-hydrogen) atoms. The van der Waals surface area contributed by atoms with E-state index < -0.39 is 0 Å². The maximum Gasteiger partial charge on any atom is 0.233 e. The van der Waals surface area contributed by atoms with Crippen LogP contribution in [0.15, 0.2) is 30.3 Å². The lowest BCUT2D eigenvalue weighted by Crippen LogP contribution is -2.41. The summed E-state index contributed by atoms with van der Waals surface area (Å²) in [6, 6.07) is 10.9. The number of nitrogens with one attached hydrogen (secondary N) is 1. The highest BCUT2D eigenvalue weighted by Crippen LogP contribution is 2.19. The van der Waals surface area contributed by atoms with Crippen LogP contribution in [0, 0.1) is 0 Å². The van der Waals surface area contributed by atoms with Gasteiger partial charge in [-0.05, 0) is 24.9 Å². The molecule has 0 radical (unpaired) electrons. The first-order chi connectivity index (χ1) is 8.79. The molecule has 1 fully saturated rings. The fourth-order valence-electron chi connectivity index (χ4n) is 2.46. The molecule has 1 aromatic carbocycles. The number of nitrogens with zero attached hydrogens (tertiary/aromatic N) is 1. The fourth-order valence-corrected chi connectivity index (χ4v) is 2.46. The minimum Gasteiger partial charge on any atom is -0.353 e. The lowest BCUT2D eigenvalue weighted by molar-refractivity contribution is -0.119. The van der Waals surface area contributed by atoms with Crippen LogP contribution >= 0.6 is 24.8 Å². The Morgan fingerprint density at radius 3 is 2.65 bits per heavy atom. The first kappa shape index (κ1) is 19.2. The average molecular weight is 320 g/mol. The van der Waals surface area contributed by atoms with Gasteiger partial charge in [0.1, 0.15) is 0 Å². The van der Waals surface area contributed by atoms with E-state index in [9.17, 15) is 4.79 Å². The Bertz CT molecular complexity index is 389. The second kappa shape index (κ2) is 10.00. The minimum atomic E-state index is -0.0680. The van der Waals surface area contributed by atoms with Crippen LogP contribution in [0.25, 0.3) is 0 Å². The largest absolute Gasteiger partial charge is 0.353 e. The number of nitrogens with two attached hydrogens (primary N) is 1. The predicted octanol–water partition coefficient (Wildman–Crippen LogP) is 1.57. The van der Waals surface area contributed by atoms with Gasteiger partial charge in [0, 0.05) is 19.1 Å². The van der Waals surface area contributed by atoms with Crippen molar-refractivity contribution < 1.29 is 4.79 Å². The van der Waals surface area contributed by atoms with Crippen molar-refractivity contribution in [1.82, 2.24) is 10.2 Å². The van der Waals surface area contributed by atoms with Crippen molar-refractivity contribution in [1.29, 1.82) is 0 Å². The van der Waals surface area contributed by atoms with E-state index in [-0.39, 0.29) is 37.3 Å². The third-order valence-electron chi connectivity index (χ3n) is 3.45. The molecule has 0 aromatic heterocycles. The van der Waals surface area contributed by atoms with Gasteiger partial charge in [0.05, 0.1) is 6.54 Å². The number of rotatable bonds is 5. The average Bonchev–Trinajstić information content (AvgIpc) is 2.84. The summed E-state index contributed by atoms with van der Waals surface area (Å²) in [7, 11) is 0. The molecule has 0 saturated carbocycles. The Labute approximate surface area is 132 Å². The first-order valence-corrected chi connectivity index (χ1v) is 6.54. The van der Waals surface area contributed by atoms with Gasteiger partial charge in [-0.1, -0.05) is 30.3 Å². The van der Waals surface area contributed by atoms with E-state index in [1.165, 1.54) is 12.0 Å². The molecule has 0 aliphatic carbocycles. The molecule has 1 atom stereocenters. The van der Waals surface area contributed by atoms with Crippen molar-refractivity contribution in [3.8, 4) is 0 Å². The summed E-state index contributed by atoms with van der Waals surface area (Å²) in [4.78, 5) is 13.6. The zero-order chi connectivity index (χ0) is 12.8. The molecule has 0 spiro atoms. The van der Waals surface area contributed by atoms with E-state index in [0.29, 0.717) is 12.6 Å². The molecule has 6 heteroatoms. The molecule has 114 valence electrons. The summed E-state index contributed by atoms with van der Waals surface area (Å²) >= 11 is 0. The van der Waals surface area contributed by atoms with E-state index in [4.69, 9.17) is 5.73 Å². The third-order valence-corrected chi connectivity index (χ3v) is 3.45. The highest BCUT2D eigenvalue weighted by Gasteiger charge is 2.24. The van der Waals surface area contributed by atoms with Crippen LogP contribution in [0.5, 0.6) is 0 Å². The smallest absolute Gasteiger partial charge is 0.233 e. The van der Waals surface area contributed by atoms with Gasteiger partial charge >= 0.3 is 0 Å². The molecule has 2 rings (SSSR count). The Balaban J connectivity index is 0.00000180. The van der Waals surface area contributed by atoms with Gasteiger partial charge in [0.15, 0.2) is 0 Å². The third kappa shape index (κ3) is 5.67. The van der Waals surface area contributed by atoms with Gasteiger partial charge < -0.3 is 11.1 Å². The SMILES string of the molecule is Cl.Cl.NCC(=O)NCC1CCCN1Cc1ccccc1. The molecular formula is C14H23Cl2N3O. The molecule has 1 amide bonds.